The molecule has 0 saturated carbocycles. The average Bonchev–Trinajstić information content (AvgIpc) is 2.91. The second kappa shape index (κ2) is 7.89. The Morgan fingerprint density at radius 3 is 2.32 bits per heavy atom. The van der Waals surface area contributed by atoms with E-state index < -0.39 is 0 Å². The van der Waals surface area contributed by atoms with Crippen LogP contribution >= 0.6 is 0 Å². The van der Waals surface area contributed by atoms with Crippen molar-refractivity contribution in [2.75, 3.05) is 6.54 Å². The minimum Gasteiger partial charge on any atom is -0.373 e. The Balaban J connectivity index is 1.86. The van der Waals surface area contributed by atoms with E-state index in [0.717, 1.165) is 54.6 Å². The van der Waals surface area contributed by atoms with E-state index in [2.05, 4.69) is 71.0 Å². The number of rotatable bonds is 2. The molecule has 4 aromatic carbocycles. The Labute approximate surface area is 196 Å². The van der Waals surface area contributed by atoms with Crippen LogP contribution in [0.5, 0.6) is 0 Å². The van der Waals surface area contributed by atoms with Crippen molar-refractivity contribution in [3.8, 4) is 23.3 Å². The molecule has 0 radical (unpaired) electrons. The zero-order chi connectivity index (χ0) is 23.1. The molecule has 0 atom stereocenters. The van der Waals surface area contributed by atoms with E-state index >= 15 is 0 Å². The van der Waals surface area contributed by atoms with Crippen LogP contribution < -0.4 is 5.32 Å². The summed E-state index contributed by atoms with van der Waals surface area (Å²) in [5, 5.41) is 28.9. The smallest absolute Gasteiger partial charge is 0.141 e. The van der Waals surface area contributed by atoms with Gasteiger partial charge in [-0.05, 0) is 72.8 Å². The fourth-order valence-electron chi connectivity index (χ4n) is 4.99. The molecule has 158 valence electrons. The van der Waals surface area contributed by atoms with Gasteiger partial charge in [-0.3, -0.25) is 0 Å². The van der Waals surface area contributed by atoms with Crippen LogP contribution in [-0.4, -0.2) is 11.5 Å². The highest BCUT2D eigenvalue weighted by molar-refractivity contribution is 6.26. The zero-order valence-electron chi connectivity index (χ0n) is 18.2. The van der Waals surface area contributed by atoms with Gasteiger partial charge in [-0.25, -0.2) is 4.98 Å². The lowest BCUT2D eigenvalue weighted by Crippen LogP contribution is -2.15. The van der Waals surface area contributed by atoms with E-state index in [9.17, 15) is 10.5 Å². The van der Waals surface area contributed by atoms with Gasteiger partial charge in [0.25, 0.3) is 0 Å². The molecule has 4 heteroatoms. The minimum atomic E-state index is 0.390. The molecule has 2 heterocycles. The Kier molecular flexibility index (Phi) is 4.58. The van der Waals surface area contributed by atoms with Gasteiger partial charge in [0.2, 0.25) is 0 Å². The normalized spacial score (nSPS) is 13.1. The second-order valence-corrected chi connectivity index (χ2v) is 8.26. The zero-order valence-corrected chi connectivity index (χ0v) is 18.2. The quantitative estimate of drug-likeness (QED) is 0.255. The van der Waals surface area contributed by atoms with Crippen molar-refractivity contribution >= 4 is 37.9 Å². The molecule has 0 fully saturated rings. The molecule has 0 bridgehead atoms. The monoisotopic (exact) mass is 434 g/mol. The van der Waals surface area contributed by atoms with Crippen molar-refractivity contribution < 1.29 is 0 Å². The lowest BCUT2D eigenvalue weighted by molar-refractivity contribution is 0.929. The largest absolute Gasteiger partial charge is 0.373 e. The SMILES string of the molecule is N#CC1=CC(c2c3ccccc3c(-c3ccnc(C#N)c3)c3c2ccc2ccccc23)=CCN1. The van der Waals surface area contributed by atoms with Crippen molar-refractivity contribution in [1.29, 1.82) is 10.5 Å². The van der Waals surface area contributed by atoms with Gasteiger partial charge in [0.15, 0.2) is 0 Å². The van der Waals surface area contributed by atoms with E-state index in [1.165, 1.54) is 0 Å². The summed E-state index contributed by atoms with van der Waals surface area (Å²) in [6.45, 7) is 0.607. The summed E-state index contributed by atoms with van der Waals surface area (Å²) >= 11 is 0. The van der Waals surface area contributed by atoms with E-state index in [4.69, 9.17) is 0 Å². The highest BCUT2D eigenvalue weighted by Gasteiger charge is 2.20. The number of benzene rings is 4. The molecule has 1 N–H and O–H groups in total. The van der Waals surface area contributed by atoms with Gasteiger partial charge in [0.1, 0.15) is 23.5 Å². The maximum Gasteiger partial charge on any atom is 0.141 e. The van der Waals surface area contributed by atoms with E-state index in [0.29, 0.717) is 17.9 Å². The lowest BCUT2D eigenvalue weighted by Gasteiger charge is -2.21. The molecular weight excluding hydrogens is 416 g/mol. The molecule has 4 nitrogen and oxygen atoms in total. The molecule has 1 aliphatic heterocycles. The molecule has 1 aromatic heterocycles. The summed E-state index contributed by atoms with van der Waals surface area (Å²) < 4.78 is 0. The van der Waals surface area contributed by atoms with Gasteiger partial charge >= 0.3 is 0 Å². The van der Waals surface area contributed by atoms with Crippen LogP contribution in [-0.2, 0) is 0 Å². The number of dihydropyridines is 1. The molecule has 1 aliphatic rings. The van der Waals surface area contributed by atoms with Crippen LogP contribution in [0.25, 0.3) is 49.0 Å². The van der Waals surface area contributed by atoms with Crippen LogP contribution in [0.4, 0.5) is 0 Å². The third-order valence-electron chi connectivity index (χ3n) is 6.40. The van der Waals surface area contributed by atoms with Crippen LogP contribution in [0.2, 0.25) is 0 Å². The molecule has 0 unspecified atom stereocenters. The summed E-state index contributed by atoms with van der Waals surface area (Å²) in [5.74, 6) is 0. The molecular formula is C30H18N4. The van der Waals surface area contributed by atoms with Gasteiger partial charge in [-0.1, -0.05) is 66.7 Å². The number of nitrogens with one attached hydrogen (secondary N) is 1. The van der Waals surface area contributed by atoms with E-state index in [-0.39, 0.29) is 0 Å². The maximum atomic E-state index is 9.53. The predicted octanol–water partition coefficient (Wildman–Crippen LogP) is 6.47. The number of nitrogens with zero attached hydrogens (tertiary/aromatic N) is 3. The third kappa shape index (κ3) is 3.02. The molecule has 0 amide bonds. The summed E-state index contributed by atoms with van der Waals surface area (Å²) in [5.41, 5.74) is 5.15. The molecule has 6 rings (SSSR count). The molecule has 0 aliphatic carbocycles. The number of nitriles is 2. The fourth-order valence-corrected chi connectivity index (χ4v) is 4.99. The van der Waals surface area contributed by atoms with Crippen molar-refractivity contribution in [3.63, 3.8) is 0 Å². The molecule has 5 aromatic rings. The van der Waals surface area contributed by atoms with E-state index in [1.54, 1.807) is 6.20 Å². The van der Waals surface area contributed by atoms with Gasteiger partial charge in [-0.2, -0.15) is 10.5 Å². The van der Waals surface area contributed by atoms with Crippen molar-refractivity contribution in [1.82, 2.24) is 10.3 Å². The predicted molar refractivity (Wildman–Crippen MR) is 137 cm³/mol. The number of aromatic nitrogens is 1. The molecule has 0 saturated heterocycles. The summed E-state index contributed by atoms with van der Waals surface area (Å²) in [6.07, 6.45) is 5.77. The first-order valence-corrected chi connectivity index (χ1v) is 11.1. The first-order valence-electron chi connectivity index (χ1n) is 11.1. The number of pyridine rings is 1. The Hall–Kier alpha value is -4.93. The molecule has 0 spiro atoms. The van der Waals surface area contributed by atoms with Crippen LogP contribution in [0, 0.1) is 22.7 Å². The minimum absolute atomic E-state index is 0.390. The Bertz CT molecular complexity index is 1780. The highest BCUT2D eigenvalue weighted by atomic mass is 14.9. The van der Waals surface area contributed by atoms with Crippen molar-refractivity contribution in [2.45, 2.75) is 0 Å². The first kappa shape index (κ1) is 19.7. The number of hydrogen-bond donors (Lipinski definition) is 1. The van der Waals surface area contributed by atoms with Crippen molar-refractivity contribution in [3.05, 3.63) is 108 Å². The van der Waals surface area contributed by atoms with Crippen molar-refractivity contribution in [2.24, 2.45) is 0 Å². The summed E-state index contributed by atoms with van der Waals surface area (Å²) in [7, 11) is 0. The Morgan fingerprint density at radius 2 is 1.53 bits per heavy atom. The second-order valence-electron chi connectivity index (χ2n) is 8.26. The summed E-state index contributed by atoms with van der Waals surface area (Å²) in [6, 6.07) is 29.4. The third-order valence-corrected chi connectivity index (χ3v) is 6.40. The van der Waals surface area contributed by atoms with Crippen LogP contribution in [0.3, 0.4) is 0 Å². The maximum absolute atomic E-state index is 9.53. The number of allylic oxidation sites excluding steroid dienone is 3. The lowest BCUT2D eigenvalue weighted by atomic mass is 9.83. The highest BCUT2D eigenvalue weighted by Crippen LogP contribution is 2.45. The van der Waals surface area contributed by atoms with Gasteiger partial charge in [0.05, 0.1) is 0 Å². The van der Waals surface area contributed by atoms with Gasteiger partial charge in [0, 0.05) is 12.7 Å². The summed E-state index contributed by atoms with van der Waals surface area (Å²) in [4.78, 5) is 4.20. The average molecular weight is 435 g/mol. The number of fused-ring (bicyclic) bond motifs is 4. The standard InChI is InChI=1S/C30H18N4/c31-17-22-15-20(11-13-33-22)28-25-7-3-4-8-26(25)29(21-12-14-34-23(16-21)18-32)30-24-6-2-1-5-19(24)9-10-27(28)30/h1-12,14-16,33H,13H2. The topological polar surface area (TPSA) is 72.5 Å². The number of hydrogen-bond acceptors (Lipinski definition) is 4. The Morgan fingerprint density at radius 1 is 0.765 bits per heavy atom. The van der Waals surface area contributed by atoms with Gasteiger partial charge < -0.3 is 5.32 Å². The van der Waals surface area contributed by atoms with E-state index in [1.807, 2.05) is 36.4 Å². The first-order chi connectivity index (χ1) is 16.8. The van der Waals surface area contributed by atoms with Gasteiger partial charge in [-0.15, -0.1) is 0 Å². The van der Waals surface area contributed by atoms with Crippen LogP contribution in [0.1, 0.15) is 11.3 Å². The van der Waals surface area contributed by atoms with Crippen LogP contribution in [0.15, 0.2) is 96.8 Å². The molecule has 34 heavy (non-hydrogen) atoms. The fraction of sp³-hybridized carbons (Fsp3) is 0.0333.